The second-order valence-corrected chi connectivity index (χ2v) is 9.30. The van der Waals surface area contributed by atoms with E-state index in [2.05, 4.69) is 32.6 Å². The molecule has 30 heavy (non-hydrogen) atoms. The van der Waals surface area contributed by atoms with Crippen LogP contribution in [0.5, 0.6) is 0 Å². The van der Waals surface area contributed by atoms with Crippen molar-refractivity contribution in [3.63, 3.8) is 0 Å². The summed E-state index contributed by atoms with van der Waals surface area (Å²) in [5.41, 5.74) is 1.71. The maximum Gasteiger partial charge on any atom is 0.407 e. The van der Waals surface area contributed by atoms with Gasteiger partial charge >= 0.3 is 6.09 Å². The normalized spacial score (nSPS) is 22.6. The molecule has 4 rings (SSSR count). The zero-order valence-corrected chi connectivity index (χ0v) is 19.0. The first kappa shape index (κ1) is 21.1. The van der Waals surface area contributed by atoms with Crippen molar-refractivity contribution in [1.29, 1.82) is 0 Å². The Morgan fingerprint density at radius 3 is 2.80 bits per heavy atom. The average Bonchev–Trinajstić information content (AvgIpc) is 3.18. The minimum atomic E-state index is -0.648. The maximum atomic E-state index is 13.4. The maximum absolute atomic E-state index is 13.4. The number of likely N-dealkylation sites (tertiary alicyclic amines) is 1. The second kappa shape index (κ2) is 8.19. The van der Waals surface area contributed by atoms with E-state index in [4.69, 9.17) is 14.5 Å². The Bertz CT molecular complexity index is 884. The van der Waals surface area contributed by atoms with Crippen LogP contribution in [0.15, 0.2) is 27.7 Å². The summed E-state index contributed by atoms with van der Waals surface area (Å²) in [7, 11) is 1.30. The Labute approximate surface area is 184 Å². The molecular weight excluding hydrogens is 452 g/mol. The van der Waals surface area contributed by atoms with E-state index in [9.17, 15) is 9.59 Å². The molecule has 2 fully saturated rings. The van der Waals surface area contributed by atoms with Gasteiger partial charge in [-0.1, -0.05) is 35.8 Å². The highest BCUT2D eigenvalue weighted by Gasteiger charge is 2.47. The molecule has 8 nitrogen and oxygen atoms in total. The predicted octanol–water partition coefficient (Wildman–Crippen LogP) is 2.87. The molecule has 0 bridgehead atoms. The number of halogens is 1. The molecule has 0 radical (unpaired) electrons. The lowest BCUT2D eigenvalue weighted by Crippen LogP contribution is -2.56. The van der Waals surface area contributed by atoms with Gasteiger partial charge in [0.25, 0.3) is 0 Å². The van der Waals surface area contributed by atoms with Crippen molar-refractivity contribution < 1.29 is 19.1 Å². The summed E-state index contributed by atoms with van der Waals surface area (Å²) >= 11 is 3.54. The lowest BCUT2D eigenvalue weighted by Gasteiger charge is -2.44. The van der Waals surface area contributed by atoms with Gasteiger partial charge in [-0.05, 0) is 30.9 Å². The summed E-state index contributed by atoms with van der Waals surface area (Å²) in [6, 6.07) is 5.31. The lowest BCUT2D eigenvalue weighted by molar-refractivity contribution is -0.134. The third-order valence-corrected chi connectivity index (χ3v) is 6.50. The predicted molar refractivity (Wildman–Crippen MR) is 117 cm³/mol. The average molecular weight is 479 g/mol. The zero-order valence-electron chi connectivity index (χ0n) is 17.4. The van der Waals surface area contributed by atoms with E-state index in [0.29, 0.717) is 19.8 Å². The number of alkyl carbamates (subject to hydrolysis) is 1. The summed E-state index contributed by atoms with van der Waals surface area (Å²) in [6.45, 7) is 5.52. The standard InChI is InChI=1S/C21H27BrN4O4/c1-12(2)17(24-20(28)29-3)19(27)26-8-4-5-16(26)18-23-15-9-13(22)6-7-14(15)21(25-18)10-30-11-21/h6-7,9,12,16-17H,4-5,8,10-11H2,1-3H3,(H,23,25)(H,24,28)/t16-,17-/m0/s1. The molecule has 0 aliphatic carbocycles. The van der Waals surface area contributed by atoms with Gasteiger partial charge in [0, 0.05) is 22.3 Å². The minimum absolute atomic E-state index is 0.0674. The fourth-order valence-electron chi connectivity index (χ4n) is 4.35. The molecule has 1 spiro atoms. The van der Waals surface area contributed by atoms with Crippen molar-refractivity contribution in [1.82, 2.24) is 10.2 Å². The molecule has 0 unspecified atom stereocenters. The van der Waals surface area contributed by atoms with E-state index in [1.807, 2.05) is 30.9 Å². The van der Waals surface area contributed by atoms with Gasteiger partial charge in [-0.2, -0.15) is 0 Å². The first-order valence-corrected chi connectivity index (χ1v) is 11.0. The van der Waals surface area contributed by atoms with Crippen molar-refractivity contribution in [3.8, 4) is 0 Å². The van der Waals surface area contributed by atoms with Crippen molar-refractivity contribution >= 4 is 39.5 Å². The number of benzene rings is 1. The van der Waals surface area contributed by atoms with Crippen LogP contribution in [0.4, 0.5) is 10.5 Å². The topological polar surface area (TPSA) is 92.3 Å². The molecule has 9 heteroatoms. The smallest absolute Gasteiger partial charge is 0.407 e. The van der Waals surface area contributed by atoms with Gasteiger partial charge in [-0.25, -0.2) is 4.79 Å². The van der Waals surface area contributed by atoms with Gasteiger partial charge < -0.3 is 25.0 Å². The van der Waals surface area contributed by atoms with Crippen LogP contribution in [0, 0.1) is 5.92 Å². The van der Waals surface area contributed by atoms with E-state index in [1.54, 1.807) is 0 Å². The quantitative estimate of drug-likeness (QED) is 0.693. The van der Waals surface area contributed by atoms with Crippen LogP contribution in [0.2, 0.25) is 0 Å². The summed E-state index contributed by atoms with van der Waals surface area (Å²) in [5.74, 6) is 0.610. The molecular formula is C21H27BrN4O4. The number of amidine groups is 1. The molecule has 3 heterocycles. The number of aliphatic imine (C=N–C) groups is 1. The van der Waals surface area contributed by atoms with Crippen molar-refractivity contribution in [2.24, 2.45) is 10.9 Å². The van der Waals surface area contributed by atoms with Crippen molar-refractivity contribution in [2.45, 2.75) is 44.3 Å². The summed E-state index contributed by atoms with van der Waals surface area (Å²) in [6.07, 6.45) is 1.10. The van der Waals surface area contributed by atoms with Crippen LogP contribution >= 0.6 is 15.9 Å². The number of amides is 2. The number of rotatable bonds is 4. The zero-order chi connectivity index (χ0) is 21.5. The van der Waals surface area contributed by atoms with Gasteiger partial charge in [-0.3, -0.25) is 9.79 Å². The SMILES string of the molecule is COC(=O)N[C@H](C(=O)N1CCC[C@H]1C1=NC2(COC2)c2ccc(Br)cc2N1)C(C)C. The van der Waals surface area contributed by atoms with Crippen molar-refractivity contribution in [3.05, 3.63) is 28.2 Å². The molecule has 2 N–H and O–H groups in total. The summed E-state index contributed by atoms with van der Waals surface area (Å²) in [4.78, 5) is 32.0. The number of fused-ring (bicyclic) bond motifs is 2. The number of hydrogen-bond donors (Lipinski definition) is 2. The van der Waals surface area contributed by atoms with Gasteiger partial charge in [-0.15, -0.1) is 0 Å². The number of ether oxygens (including phenoxy) is 2. The molecule has 2 saturated heterocycles. The lowest BCUT2D eigenvalue weighted by atomic mass is 9.85. The second-order valence-electron chi connectivity index (χ2n) is 8.38. The third-order valence-electron chi connectivity index (χ3n) is 6.00. The van der Waals surface area contributed by atoms with E-state index in [1.165, 1.54) is 7.11 Å². The monoisotopic (exact) mass is 478 g/mol. The Morgan fingerprint density at radius 2 is 2.17 bits per heavy atom. The Kier molecular flexibility index (Phi) is 5.76. The van der Waals surface area contributed by atoms with Crippen molar-refractivity contribution in [2.75, 3.05) is 32.2 Å². The fourth-order valence-corrected chi connectivity index (χ4v) is 4.71. The molecule has 3 aliphatic heterocycles. The fraction of sp³-hybridized carbons (Fsp3) is 0.571. The van der Waals surface area contributed by atoms with E-state index in [0.717, 1.165) is 34.4 Å². The molecule has 2 atom stereocenters. The summed E-state index contributed by atoms with van der Waals surface area (Å²) in [5, 5.41) is 6.16. The number of nitrogens with one attached hydrogen (secondary N) is 2. The van der Waals surface area contributed by atoms with Crippen LogP contribution in [0.3, 0.4) is 0 Å². The Hall–Kier alpha value is -2.13. The number of nitrogens with zero attached hydrogens (tertiary/aromatic N) is 2. The van der Waals surface area contributed by atoms with Gasteiger partial charge in [0.2, 0.25) is 5.91 Å². The number of methoxy groups -OCH3 is 1. The van der Waals surface area contributed by atoms with Crippen LogP contribution in [-0.2, 0) is 19.8 Å². The summed E-state index contributed by atoms with van der Waals surface area (Å²) < 4.78 is 11.2. The first-order valence-electron chi connectivity index (χ1n) is 10.2. The van der Waals surface area contributed by atoms with Gasteiger partial charge in [0.15, 0.2) is 0 Å². The van der Waals surface area contributed by atoms with Crippen LogP contribution in [0.25, 0.3) is 0 Å². The molecule has 3 aliphatic rings. The van der Waals surface area contributed by atoms with Gasteiger partial charge in [0.05, 0.1) is 26.4 Å². The molecule has 162 valence electrons. The van der Waals surface area contributed by atoms with E-state index < -0.39 is 17.7 Å². The highest BCUT2D eigenvalue weighted by atomic mass is 79.9. The largest absolute Gasteiger partial charge is 0.453 e. The Morgan fingerprint density at radius 1 is 1.40 bits per heavy atom. The molecule has 2 amide bonds. The molecule has 0 aromatic heterocycles. The molecule has 1 aromatic carbocycles. The molecule has 1 aromatic rings. The van der Waals surface area contributed by atoms with Crippen LogP contribution in [0.1, 0.15) is 32.3 Å². The van der Waals surface area contributed by atoms with Crippen LogP contribution < -0.4 is 10.6 Å². The molecule has 0 saturated carbocycles. The number of carbonyl (C=O) groups is 2. The minimum Gasteiger partial charge on any atom is -0.453 e. The number of carbonyl (C=O) groups excluding carboxylic acids is 2. The number of anilines is 1. The highest BCUT2D eigenvalue weighted by Crippen LogP contribution is 2.43. The highest BCUT2D eigenvalue weighted by molar-refractivity contribution is 9.10. The number of hydrogen-bond acceptors (Lipinski definition) is 6. The van der Waals surface area contributed by atoms with E-state index in [-0.39, 0.29) is 17.9 Å². The Balaban J connectivity index is 1.62. The first-order chi connectivity index (χ1) is 14.3. The van der Waals surface area contributed by atoms with Crippen LogP contribution in [-0.4, -0.2) is 61.7 Å². The third kappa shape index (κ3) is 3.69. The van der Waals surface area contributed by atoms with E-state index >= 15 is 0 Å². The van der Waals surface area contributed by atoms with Gasteiger partial charge in [0.1, 0.15) is 17.4 Å².